The topological polar surface area (TPSA) is 63.3 Å². The minimum Gasteiger partial charge on any atom is -0.481 e. The second-order valence-corrected chi connectivity index (χ2v) is 2.14. The van der Waals surface area contributed by atoms with Crippen LogP contribution in [0.2, 0.25) is 0 Å². The van der Waals surface area contributed by atoms with Crippen LogP contribution < -0.4 is 5.73 Å². The van der Waals surface area contributed by atoms with E-state index in [9.17, 15) is 4.79 Å². The molecular formula is C7H16AgNO2+. The summed E-state index contributed by atoms with van der Waals surface area (Å²) in [4.78, 5) is 9.70. The van der Waals surface area contributed by atoms with Crippen molar-refractivity contribution in [2.75, 3.05) is 6.54 Å². The second kappa shape index (κ2) is 12.7. The molecule has 0 unspecified atom stereocenters. The van der Waals surface area contributed by atoms with Crippen LogP contribution in [0.15, 0.2) is 0 Å². The monoisotopic (exact) mass is 253 g/mol. The van der Waals surface area contributed by atoms with Crippen molar-refractivity contribution in [3.05, 3.63) is 6.92 Å². The van der Waals surface area contributed by atoms with E-state index in [1.54, 1.807) is 13.8 Å². The summed E-state index contributed by atoms with van der Waals surface area (Å²) in [6, 6.07) is 0. The number of aliphatic carboxylic acids is 1. The molecule has 3 N–H and O–H groups in total. The van der Waals surface area contributed by atoms with Crippen molar-refractivity contribution in [1.82, 2.24) is 0 Å². The quantitative estimate of drug-likeness (QED) is 0.568. The summed E-state index contributed by atoms with van der Waals surface area (Å²) in [6.07, 6.45) is 0.847. The number of hydrogen-bond acceptors (Lipinski definition) is 2. The van der Waals surface area contributed by atoms with Crippen LogP contribution in [0.5, 0.6) is 0 Å². The molecule has 0 spiro atoms. The maximum absolute atomic E-state index is 9.70. The minimum absolute atomic E-state index is 0. The number of carbonyl (C=O) groups is 1. The van der Waals surface area contributed by atoms with E-state index >= 15 is 0 Å². The van der Waals surface area contributed by atoms with Crippen LogP contribution in [0.4, 0.5) is 0 Å². The molecule has 1 radical (unpaired) electrons. The Hall–Kier alpha value is 0.0403. The molecule has 0 aliphatic rings. The van der Waals surface area contributed by atoms with Gasteiger partial charge in [0, 0.05) is 28.9 Å². The third kappa shape index (κ3) is 25.5. The zero-order valence-electron chi connectivity index (χ0n) is 6.93. The van der Waals surface area contributed by atoms with Crippen molar-refractivity contribution >= 4 is 5.97 Å². The van der Waals surface area contributed by atoms with Crippen LogP contribution in [-0.4, -0.2) is 17.6 Å². The first-order chi connectivity index (χ1) is 4.56. The Morgan fingerprint density at radius 2 is 1.82 bits per heavy atom. The van der Waals surface area contributed by atoms with E-state index in [1.807, 2.05) is 0 Å². The molecule has 0 amide bonds. The molecule has 0 aromatic carbocycles. The Labute approximate surface area is 83.9 Å². The van der Waals surface area contributed by atoms with E-state index in [1.165, 1.54) is 0 Å². The van der Waals surface area contributed by atoms with E-state index in [0.29, 0.717) is 6.54 Å². The Morgan fingerprint density at radius 1 is 1.64 bits per heavy atom. The van der Waals surface area contributed by atoms with Crippen LogP contribution in [0, 0.1) is 12.8 Å². The van der Waals surface area contributed by atoms with E-state index in [-0.39, 0.29) is 28.3 Å². The van der Waals surface area contributed by atoms with E-state index < -0.39 is 5.97 Å². The molecule has 0 aromatic heterocycles. The van der Waals surface area contributed by atoms with Crippen molar-refractivity contribution in [3.63, 3.8) is 0 Å². The molecule has 4 heteroatoms. The number of carboxylic acid groups (broad SMARTS) is 1. The SMILES string of the molecule is CC(C)C(=O)O.[Ag].[CH2+]CCN. The largest absolute Gasteiger partial charge is 0.481 e. The molecule has 0 aliphatic heterocycles. The number of rotatable bonds is 2. The maximum Gasteiger partial charge on any atom is 0.305 e. The third-order valence-electron chi connectivity index (χ3n) is 0.698. The summed E-state index contributed by atoms with van der Waals surface area (Å²) in [5, 5.41) is 7.99. The van der Waals surface area contributed by atoms with Gasteiger partial charge in [-0.2, -0.15) is 0 Å². The predicted octanol–water partition coefficient (Wildman–Crippen LogP) is 0.894. The third-order valence-corrected chi connectivity index (χ3v) is 0.698. The van der Waals surface area contributed by atoms with Gasteiger partial charge in [-0.15, -0.1) is 0 Å². The Kier molecular flexibility index (Phi) is 19.9. The van der Waals surface area contributed by atoms with E-state index in [4.69, 9.17) is 10.8 Å². The summed E-state index contributed by atoms with van der Waals surface area (Å²) in [7, 11) is 0. The van der Waals surface area contributed by atoms with E-state index in [2.05, 4.69) is 6.92 Å². The normalized spacial score (nSPS) is 7.64. The summed E-state index contributed by atoms with van der Waals surface area (Å²) >= 11 is 0. The fraction of sp³-hybridized carbons (Fsp3) is 0.714. The zero-order valence-corrected chi connectivity index (χ0v) is 8.42. The molecule has 0 rings (SSSR count). The van der Waals surface area contributed by atoms with Gasteiger partial charge in [0.05, 0.1) is 19.3 Å². The smallest absolute Gasteiger partial charge is 0.305 e. The fourth-order valence-electron chi connectivity index (χ4n) is 0. The van der Waals surface area contributed by atoms with Gasteiger partial charge in [-0.25, -0.2) is 0 Å². The minimum atomic E-state index is -0.741. The van der Waals surface area contributed by atoms with Crippen LogP contribution in [-0.2, 0) is 27.2 Å². The first kappa shape index (κ1) is 17.2. The molecule has 0 fully saturated rings. The van der Waals surface area contributed by atoms with Gasteiger partial charge in [0.25, 0.3) is 0 Å². The second-order valence-electron chi connectivity index (χ2n) is 2.14. The summed E-state index contributed by atoms with van der Waals surface area (Å²) in [6.45, 7) is 7.47. The van der Waals surface area contributed by atoms with Gasteiger partial charge in [-0.3, -0.25) is 4.79 Å². The molecule has 0 bridgehead atoms. The molecule has 71 valence electrons. The maximum atomic E-state index is 9.70. The predicted molar refractivity (Wildman–Crippen MR) is 41.5 cm³/mol. The van der Waals surface area contributed by atoms with E-state index in [0.717, 1.165) is 6.42 Å². The van der Waals surface area contributed by atoms with Crippen molar-refractivity contribution in [3.8, 4) is 0 Å². The van der Waals surface area contributed by atoms with Crippen LogP contribution >= 0.6 is 0 Å². The van der Waals surface area contributed by atoms with Gasteiger partial charge in [-0.1, -0.05) is 13.8 Å². The molecule has 3 nitrogen and oxygen atoms in total. The van der Waals surface area contributed by atoms with Gasteiger partial charge in [-0.05, 0) is 0 Å². The van der Waals surface area contributed by atoms with Gasteiger partial charge >= 0.3 is 5.97 Å². The Balaban J connectivity index is -0.000000114. The molecule has 0 aromatic rings. The average molecular weight is 254 g/mol. The molecule has 0 atom stereocenters. The van der Waals surface area contributed by atoms with Gasteiger partial charge in [0.1, 0.15) is 0 Å². The summed E-state index contributed by atoms with van der Waals surface area (Å²) in [5.41, 5.74) is 4.97. The Bertz CT molecular complexity index is 84.5. The fourth-order valence-corrected chi connectivity index (χ4v) is 0. The van der Waals surface area contributed by atoms with Crippen LogP contribution in [0.3, 0.4) is 0 Å². The van der Waals surface area contributed by atoms with Crippen LogP contribution in [0.25, 0.3) is 0 Å². The first-order valence-electron chi connectivity index (χ1n) is 3.28. The summed E-state index contributed by atoms with van der Waals surface area (Å²) in [5.74, 6) is -0.972. The van der Waals surface area contributed by atoms with Crippen LogP contribution in [0.1, 0.15) is 20.3 Å². The molecule has 0 aliphatic carbocycles. The van der Waals surface area contributed by atoms with Gasteiger partial charge < -0.3 is 10.8 Å². The first-order valence-corrected chi connectivity index (χ1v) is 3.28. The van der Waals surface area contributed by atoms with Crippen molar-refractivity contribution in [2.24, 2.45) is 11.7 Å². The number of hydrogen-bond donors (Lipinski definition) is 2. The average Bonchev–Trinajstić information content (AvgIpc) is 1.89. The molecule has 0 saturated heterocycles. The molecule has 0 saturated carbocycles. The molecule has 0 heterocycles. The van der Waals surface area contributed by atoms with Crippen molar-refractivity contribution in [2.45, 2.75) is 20.3 Å². The molecular weight excluding hydrogens is 238 g/mol. The zero-order chi connectivity index (χ0) is 8.57. The van der Waals surface area contributed by atoms with Gasteiger partial charge in [0.2, 0.25) is 0 Å². The van der Waals surface area contributed by atoms with Crippen molar-refractivity contribution < 1.29 is 32.3 Å². The standard InChI is InChI=1S/C4H8O2.C3H8N.Ag/c1-3(2)4(5)6;1-2-3-4;/h3H,1-2H3,(H,5,6);1-4H2;/q;+1;. The Morgan fingerprint density at radius 3 is 1.82 bits per heavy atom. The number of nitrogens with two attached hydrogens (primary N) is 1. The van der Waals surface area contributed by atoms with Gasteiger partial charge in [0.15, 0.2) is 0 Å². The summed E-state index contributed by atoms with van der Waals surface area (Å²) < 4.78 is 0. The number of carboxylic acids is 1. The van der Waals surface area contributed by atoms with Crippen molar-refractivity contribution in [1.29, 1.82) is 0 Å². The molecule has 11 heavy (non-hydrogen) atoms.